The molecule has 2 heterocycles. The summed E-state index contributed by atoms with van der Waals surface area (Å²) >= 11 is 7.56. The second kappa shape index (κ2) is 6.40. The normalized spacial score (nSPS) is 18.9. The van der Waals surface area contributed by atoms with Gasteiger partial charge < -0.3 is 9.64 Å². The van der Waals surface area contributed by atoms with Crippen LogP contribution in [0.1, 0.15) is 32.8 Å². The molecule has 5 nitrogen and oxygen atoms in total. The predicted molar refractivity (Wildman–Crippen MR) is 83.8 cm³/mol. The summed E-state index contributed by atoms with van der Waals surface area (Å²) in [4.78, 5) is 22.2. The molecule has 0 aliphatic carbocycles. The van der Waals surface area contributed by atoms with Crippen LogP contribution in [-0.2, 0) is 4.74 Å². The Balaban J connectivity index is 1.90. The van der Waals surface area contributed by atoms with Crippen LogP contribution in [-0.4, -0.2) is 44.9 Å². The molecule has 1 amide bonds. The first kappa shape index (κ1) is 16.4. The molecule has 1 aromatic heterocycles. The van der Waals surface area contributed by atoms with Crippen molar-refractivity contribution in [3.8, 4) is 0 Å². The first-order valence-corrected chi connectivity index (χ1v) is 8.14. The lowest BCUT2D eigenvalue weighted by molar-refractivity contribution is 0.0295. The molecule has 1 saturated heterocycles. The number of likely N-dealkylation sites (tertiary alicyclic amines) is 1. The molecule has 0 aromatic carbocycles. The van der Waals surface area contributed by atoms with Gasteiger partial charge in [-0.2, -0.15) is 0 Å². The highest BCUT2D eigenvalue weighted by atomic mass is 35.5. The SMILES string of the molecule is Cc1cnc(S[C@@H]2CCN(C(=O)OC(C)(C)C)C2)nc1Cl. The molecular formula is C14H20ClN3O2S. The van der Waals surface area contributed by atoms with E-state index in [1.165, 1.54) is 0 Å². The number of aryl methyl sites for hydroxylation is 1. The Morgan fingerprint density at radius 3 is 2.86 bits per heavy atom. The molecule has 1 aliphatic heterocycles. The molecule has 0 bridgehead atoms. The van der Waals surface area contributed by atoms with E-state index in [4.69, 9.17) is 16.3 Å². The van der Waals surface area contributed by atoms with Crippen molar-refractivity contribution in [1.82, 2.24) is 14.9 Å². The lowest BCUT2D eigenvalue weighted by atomic mass is 10.2. The van der Waals surface area contributed by atoms with Crippen LogP contribution < -0.4 is 0 Å². The van der Waals surface area contributed by atoms with Crippen LogP contribution in [0.4, 0.5) is 4.79 Å². The van der Waals surface area contributed by atoms with E-state index in [0.29, 0.717) is 23.4 Å². The van der Waals surface area contributed by atoms with E-state index in [-0.39, 0.29) is 11.3 Å². The van der Waals surface area contributed by atoms with Gasteiger partial charge in [-0.05, 0) is 34.1 Å². The Labute approximate surface area is 134 Å². The van der Waals surface area contributed by atoms with E-state index in [9.17, 15) is 4.79 Å². The Morgan fingerprint density at radius 2 is 2.24 bits per heavy atom. The summed E-state index contributed by atoms with van der Waals surface area (Å²) in [5, 5.41) is 1.41. The van der Waals surface area contributed by atoms with Gasteiger partial charge in [0.05, 0.1) is 0 Å². The number of amides is 1. The molecule has 7 heteroatoms. The molecular weight excluding hydrogens is 310 g/mol. The third-order valence-corrected chi connectivity index (χ3v) is 4.46. The molecule has 116 valence electrons. The summed E-state index contributed by atoms with van der Waals surface area (Å²) in [5.41, 5.74) is 0.401. The lowest BCUT2D eigenvalue weighted by Gasteiger charge is -2.24. The van der Waals surface area contributed by atoms with Gasteiger partial charge in [0.25, 0.3) is 0 Å². The van der Waals surface area contributed by atoms with Crippen molar-refractivity contribution in [2.75, 3.05) is 13.1 Å². The zero-order valence-electron chi connectivity index (χ0n) is 12.7. The van der Waals surface area contributed by atoms with E-state index in [1.54, 1.807) is 22.9 Å². The van der Waals surface area contributed by atoms with Gasteiger partial charge in [-0.25, -0.2) is 14.8 Å². The number of hydrogen-bond donors (Lipinski definition) is 0. The lowest BCUT2D eigenvalue weighted by Crippen LogP contribution is -2.35. The number of carbonyl (C=O) groups is 1. The highest BCUT2D eigenvalue weighted by molar-refractivity contribution is 7.99. The molecule has 0 radical (unpaired) electrons. The highest BCUT2D eigenvalue weighted by Gasteiger charge is 2.30. The van der Waals surface area contributed by atoms with Crippen LogP contribution in [0.2, 0.25) is 5.15 Å². The van der Waals surface area contributed by atoms with Crippen molar-refractivity contribution >= 4 is 29.5 Å². The van der Waals surface area contributed by atoms with E-state index in [2.05, 4.69) is 9.97 Å². The van der Waals surface area contributed by atoms with Gasteiger partial charge in [0.2, 0.25) is 0 Å². The monoisotopic (exact) mass is 329 g/mol. The Kier molecular flexibility index (Phi) is 4.99. The number of halogens is 1. The molecule has 0 N–H and O–H groups in total. The van der Waals surface area contributed by atoms with Crippen LogP contribution >= 0.6 is 23.4 Å². The highest BCUT2D eigenvalue weighted by Crippen LogP contribution is 2.29. The maximum atomic E-state index is 12.0. The van der Waals surface area contributed by atoms with Gasteiger partial charge in [0, 0.05) is 30.1 Å². The third kappa shape index (κ3) is 4.74. The Hall–Kier alpha value is -1.01. The number of nitrogens with zero attached hydrogens (tertiary/aromatic N) is 3. The second-order valence-corrected chi connectivity index (χ2v) is 7.71. The summed E-state index contributed by atoms with van der Waals surface area (Å²) in [6, 6.07) is 0. The smallest absolute Gasteiger partial charge is 0.410 e. The first-order valence-electron chi connectivity index (χ1n) is 6.88. The van der Waals surface area contributed by atoms with Gasteiger partial charge in [0.1, 0.15) is 10.8 Å². The minimum atomic E-state index is -0.462. The molecule has 1 aliphatic rings. The Bertz CT molecular complexity index is 533. The predicted octanol–water partition coefficient (Wildman–Crippen LogP) is 3.54. The molecule has 0 saturated carbocycles. The minimum Gasteiger partial charge on any atom is -0.444 e. The van der Waals surface area contributed by atoms with E-state index in [0.717, 1.165) is 12.0 Å². The summed E-state index contributed by atoms with van der Waals surface area (Å²) in [5.74, 6) is 0. The summed E-state index contributed by atoms with van der Waals surface area (Å²) in [6.45, 7) is 8.83. The Morgan fingerprint density at radius 1 is 1.52 bits per heavy atom. The fraction of sp³-hybridized carbons (Fsp3) is 0.643. The maximum Gasteiger partial charge on any atom is 0.410 e. The summed E-state index contributed by atoms with van der Waals surface area (Å²) in [7, 11) is 0. The van der Waals surface area contributed by atoms with Crippen molar-refractivity contribution in [3.05, 3.63) is 16.9 Å². The van der Waals surface area contributed by atoms with Crippen LogP contribution in [0.3, 0.4) is 0 Å². The average molecular weight is 330 g/mol. The van der Waals surface area contributed by atoms with Crippen molar-refractivity contribution in [3.63, 3.8) is 0 Å². The zero-order chi connectivity index (χ0) is 15.6. The van der Waals surface area contributed by atoms with Crippen LogP contribution in [0, 0.1) is 6.92 Å². The fourth-order valence-corrected chi connectivity index (χ4v) is 3.14. The average Bonchev–Trinajstić information content (AvgIpc) is 2.80. The number of hydrogen-bond acceptors (Lipinski definition) is 5. The maximum absolute atomic E-state index is 12.0. The molecule has 1 atom stereocenters. The molecule has 21 heavy (non-hydrogen) atoms. The largest absolute Gasteiger partial charge is 0.444 e. The summed E-state index contributed by atoms with van der Waals surface area (Å²) in [6.07, 6.45) is 2.37. The molecule has 0 spiro atoms. The van der Waals surface area contributed by atoms with Crippen LogP contribution in [0.5, 0.6) is 0 Å². The van der Waals surface area contributed by atoms with Crippen molar-refractivity contribution in [1.29, 1.82) is 0 Å². The number of aromatic nitrogens is 2. The minimum absolute atomic E-state index is 0.256. The van der Waals surface area contributed by atoms with Gasteiger partial charge >= 0.3 is 6.09 Å². The molecule has 2 rings (SSSR count). The van der Waals surface area contributed by atoms with E-state index in [1.807, 2.05) is 27.7 Å². The molecule has 0 unspecified atom stereocenters. The second-order valence-electron chi connectivity index (χ2n) is 6.08. The number of ether oxygens (including phenoxy) is 1. The van der Waals surface area contributed by atoms with Gasteiger partial charge in [0.15, 0.2) is 5.16 Å². The van der Waals surface area contributed by atoms with Crippen molar-refractivity contribution in [2.45, 2.75) is 50.1 Å². The third-order valence-electron chi connectivity index (χ3n) is 2.96. The standard InChI is InChI=1S/C14H20ClN3O2S/c1-9-7-16-12(17-11(9)15)21-10-5-6-18(8-10)13(19)20-14(2,3)4/h7,10H,5-6,8H2,1-4H3/t10-/m1/s1. The van der Waals surface area contributed by atoms with Crippen molar-refractivity contribution in [2.24, 2.45) is 0 Å². The van der Waals surface area contributed by atoms with E-state index >= 15 is 0 Å². The first-order chi connectivity index (χ1) is 9.74. The van der Waals surface area contributed by atoms with E-state index < -0.39 is 5.60 Å². The van der Waals surface area contributed by atoms with Gasteiger partial charge in [-0.15, -0.1) is 0 Å². The topological polar surface area (TPSA) is 55.3 Å². The quantitative estimate of drug-likeness (QED) is 0.613. The van der Waals surface area contributed by atoms with Gasteiger partial charge in [-0.1, -0.05) is 23.4 Å². The fourth-order valence-electron chi connectivity index (χ4n) is 1.93. The van der Waals surface area contributed by atoms with Crippen LogP contribution in [0.15, 0.2) is 11.4 Å². The number of thioether (sulfide) groups is 1. The summed E-state index contributed by atoms with van der Waals surface area (Å²) < 4.78 is 5.38. The van der Waals surface area contributed by atoms with Crippen LogP contribution in [0.25, 0.3) is 0 Å². The number of rotatable bonds is 2. The zero-order valence-corrected chi connectivity index (χ0v) is 14.3. The molecule has 1 fully saturated rings. The van der Waals surface area contributed by atoms with Gasteiger partial charge in [-0.3, -0.25) is 0 Å². The molecule has 1 aromatic rings. The van der Waals surface area contributed by atoms with Crippen molar-refractivity contribution < 1.29 is 9.53 Å². The number of carbonyl (C=O) groups excluding carboxylic acids is 1.